The number of benzene rings is 2. The molecule has 18 heteroatoms. The number of aromatic nitrogens is 4. The lowest BCUT2D eigenvalue weighted by Gasteiger charge is -2.38. The summed E-state index contributed by atoms with van der Waals surface area (Å²) >= 11 is 0. The highest BCUT2D eigenvalue weighted by Gasteiger charge is 2.46. The van der Waals surface area contributed by atoms with Crippen LogP contribution in [0.15, 0.2) is 64.4 Å². The van der Waals surface area contributed by atoms with Gasteiger partial charge in [-0.05, 0) is 29.8 Å². The number of hydrogen-bond acceptors (Lipinski definition) is 9. The summed E-state index contributed by atoms with van der Waals surface area (Å²) in [7, 11) is 2.81. The molecule has 1 aliphatic rings. The molecule has 0 saturated carbocycles. The molecule has 1 amide bonds. The Morgan fingerprint density at radius 3 is 2.49 bits per heavy atom. The zero-order valence-corrected chi connectivity index (χ0v) is 26.7. The molecule has 51 heavy (non-hydrogen) atoms. The SMILES string of the molecule is COc1cc2c(=O)n(-c3ccc(C[C@H](NC(=O)c4c(F)cc(N5CCOC[C@@H]5C(F)(F)F)cc4F)C(=O)O)c4cccnc34)c(=O)n(C)c2cn1. The Labute approximate surface area is 283 Å². The van der Waals surface area contributed by atoms with Gasteiger partial charge < -0.3 is 24.8 Å². The van der Waals surface area contributed by atoms with E-state index in [-0.39, 0.29) is 46.7 Å². The van der Waals surface area contributed by atoms with Crippen LogP contribution in [-0.2, 0) is 23.0 Å². The highest BCUT2D eigenvalue weighted by molar-refractivity contribution is 5.98. The number of aryl methyl sites for hydroxylation is 1. The van der Waals surface area contributed by atoms with Gasteiger partial charge in [-0.15, -0.1) is 0 Å². The lowest BCUT2D eigenvalue weighted by atomic mass is 9.99. The number of carbonyl (C=O) groups is 2. The van der Waals surface area contributed by atoms with E-state index in [1.807, 2.05) is 0 Å². The number of halogens is 5. The van der Waals surface area contributed by atoms with Crippen molar-refractivity contribution in [2.75, 3.05) is 31.8 Å². The summed E-state index contributed by atoms with van der Waals surface area (Å²) in [6, 6.07) is 4.42. The number of anilines is 1. The number of ether oxygens (including phenoxy) is 2. The van der Waals surface area contributed by atoms with Gasteiger partial charge in [0.15, 0.2) is 0 Å². The van der Waals surface area contributed by atoms with Crippen LogP contribution in [0, 0.1) is 11.6 Å². The number of alkyl halides is 3. The van der Waals surface area contributed by atoms with Gasteiger partial charge in [-0.2, -0.15) is 13.2 Å². The van der Waals surface area contributed by atoms with Crippen LogP contribution in [0.4, 0.5) is 27.6 Å². The van der Waals surface area contributed by atoms with Gasteiger partial charge >= 0.3 is 17.8 Å². The predicted octanol–water partition coefficient (Wildman–Crippen LogP) is 3.11. The van der Waals surface area contributed by atoms with Crippen molar-refractivity contribution < 1.29 is 46.1 Å². The first-order chi connectivity index (χ1) is 24.2. The summed E-state index contributed by atoms with van der Waals surface area (Å²) in [5.41, 5.74) is -2.41. The standard InChI is InChI=1S/C33H27F5N6O7/c1-42-24-14-40-26(50-2)13-19(24)30(46)44(32(42)49)23-6-5-16(18-4-3-7-39-28(18)23)10-22(31(47)48)41-29(45)27-20(34)11-17(12-21(27)35)43-8-9-51-15-25(43)33(36,37)38/h3-7,11-14,22,25H,8-10,15H2,1-2H3,(H,41,45)(H,47,48)/t22-,25+/m0/s1. The number of amides is 1. The Morgan fingerprint density at radius 2 is 1.82 bits per heavy atom. The van der Waals surface area contributed by atoms with E-state index < -0.39 is 77.3 Å². The maximum absolute atomic E-state index is 15.2. The molecule has 2 aromatic carbocycles. The van der Waals surface area contributed by atoms with Crippen molar-refractivity contribution >= 4 is 39.4 Å². The smallest absolute Gasteiger partial charge is 0.411 e. The molecule has 5 aromatic rings. The fourth-order valence-electron chi connectivity index (χ4n) is 6.00. The fourth-order valence-corrected chi connectivity index (χ4v) is 6.00. The van der Waals surface area contributed by atoms with Crippen LogP contribution >= 0.6 is 0 Å². The summed E-state index contributed by atoms with van der Waals surface area (Å²) in [4.78, 5) is 61.6. The molecule has 1 fully saturated rings. The predicted molar refractivity (Wildman–Crippen MR) is 171 cm³/mol. The van der Waals surface area contributed by atoms with Crippen LogP contribution < -0.4 is 26.2 Å². The number of nitrogens with zero attached hydrogens (tertiary/aromatic N) is 5. The largest absolute Gasteiger partial charge is 0.481 e. The number of hydrogen-bond donors (Lipinski definition) is 2. The van der Waals surface area contributed by atoms with E-state index in [0.717, 1.165) is 9.47 Å². The van der Waals surface area contributed by atoms with Crippen molar-refractivity contribution in [1.82, 2.24) is 24.4 Å². The van der Waals surface area contributed by atoms with Crippen molar-refractivity contribution in [3.05, 3.63) is 98.5 Å². The van der Waals surface area contributed by atoms with Crippen molar-refractivity contribution in [3.63, 3.8) is 0 Å². The zero-order chi connectivity index (χ0) is 36.8. The van der Waals surface area contributed by atoms with Gasteiger partial charge in [0.1, 0.15) is 29.3 Å². The second-order valence-corrected chi connectivity index (χ2v) is 11.5. The average molecular weight is 715 g/mol. The molecule has 2 N–H and O–H groups in total. The highest BCUT2D eigenvalue weighted by Crippen LogP contribution is 2.33. The Kier molecular flexibility index (Phi) is 9.20. The van der Waals surface area contributed by atoms with Crippen LogP contribution in [0.3, 0.4) is 0 Å². The molecule has 4 heterocycles. The molecular weight excluding hydrogens is 687 g/mol. The topological polar surface area (TPSA) is 158 Å². The first kappa shape index (κ1) is 34.9. The van der Waals surface area contributed by atoms with Crippen molar-refractivity contribution in [2.45, 2.75) is 24.7 Å². The quantitative estimate of drug-likeness (QED) is 0.229. The summed E-state index contributed by atoms with van der Waals surface area (Å²) in [6.45, 7) is -1.22. The van der Waals surface area contributed by atoms with Gasteiger partial charge in [-0.25, -0.2) is 27.9 Å². The van der Waals surface area contributed by atoms with E-state index in [0.29, 0.717) is 17.5 Å². The minimum atomic E-state index is -4.78. The number of carbonyl (C=O) groups excluding carboxylic acids is 1. The molecule has 0 radical (unpaired) electrons. The van der Waals surface area contributed by atoms with Crippen LogP contribution in [0.2, 0.25) is 0 Å². The molecule has 0 aliphatic carbocycles. The number of nitrogens with one attached hydrogen (secondary N) is 1. The van der Waals surface area contributed by atoms with Crippen molar-refractivity contribution in [2.24, 2.45) is 7.05 Å². The third-order valence-corrected chi connectivity index (χ3v) is 8.54. The van der Waals surface area contributed by atoms with E-state index in [2.05, 4.69) is 15.3 Å². The van der Waals surface area contributed by atoms with Crippen molar-refractivity contribution in [3.8, 4) is 11.6 Å². The fraction of sp³-hybridized carbons (Fsp3) is 0.273. The normalized spacial score (nSPS) is 15.6. The number of rotatable bonds is 8. The number of pyridine rings is 2. The van der Waals surface area contributed by atoms with E-state index >= 15 is 8.78 Å². The summed E-state index contributed by atoms with van der Waals surface area (Å²) < 4.78 is 83.2. The Morgan fingerprint density at radius 1 is 1.10 bits per heavy atom. The number of fused-ring (bicyclic) bond motifs is 2. The van der Waals surface area contributed by atoms with E-state index in [1.54, 1.807) is 6.07 Å². The molecule has 13 nitrogen and oxygen atoms in total. The van der Waals surface area contributed by atoms with Gasteiger partial charge in [0, 0.05) is 43.4 Å². The highest BCUT2D eigenvalue weighted by atomic mass is 19.4. The molecule has 1 saturated heterocycles. The molecule has 0 unspecified atom stereocenters. The number of carboxylic acid groups (broad SMARTS) is 1. The Balaban J connectivity index is 1.33. The van der Waals surface area contributed by atoms with Crippen LogP contribution in [-0.4, -0.2) is 81.2 Å². The second kappa shape index (κ2) is 13.4. The third kappa shape index (κ3) is 6.44. The lowest BCUT2D eigenvalue weighted by molar-refractivity contribution is -0.167. The summed E-state index contributed by atoms with van der Waals surface area (Å²) in [6.07, 6.45) is -2.51. The summed E-state index contributed by atoms with van der Waals surface area (Å²) in [5.74, 6) is -5.92. The molecule has 3 aromatic heterocycles. The molecular formula is C33H27F5N6O7. The molecule has 1 aliphatic heterocycles. The minimum absolute atomic E-state index is 0.0609. The Bertz CT molecular complexity index is 2300. The van der Waals surface area contributed by atoms with E-state index in [4.69, 9.17) is 9.47 Å². The number of methoxy groups -OCH3 is 1. The Hall–Kier alpha value is -5.91. The number of aliphatic carboxylic acids is 1. The van der Waals surface area contributed by atoms with Crippen molar-refractivity contribution in [1.29, 1.82) is 0 Å². The van der Waals surface area contributed by atoms with Gasteiger partial charge in [-0.3, -0.25) is 19.1 Å². The minimum Gasteiger partial charge on any atom is -0.481 e. The van der Waals surface area contributed by atoms with Gasteiger partial charge in [0.2, 0.25) is 5.88 Å². The maximum Gasteiger partial charge on any atom is 0.411 e. The van der Waals surface area contributed by atoms with Crippen LogP contribution in [0.1, 0.15) is 15.9 Å². The molecule has 266 valence electrons. The molecule has 0 spiro atoms. The molecule has 6 rings (SSSR count). The third-order valence-electron chi connectivity index (χ3n) is 8.54. The van der Waals surface area contributed by atoms with Crippen LogP contribution in [0.5, 0.6) is 5.88 Å². The monoisotopic (exact) mass is 714 g/mol. The van der Waals surface area contributed by atoms with Crippen LogP contribution in [0.25, 0.3) is 27.5 Å². The number of carboxylic acids is 1. The summed E-state index contributed by atoms with van der Waals surface area (Å²) in [5, 5.41) is 12.5. The lowest BCUT2D eigenvalue weighted by Crippen LogP contribution is -2.53. The van der Waals surface area contributed by atoms with E-state index in [9.17, 15) is 37.5 Å². The maximum atomic E-state index is 15.2. The first-order valence-corrected chi connectivity index (χ1v) is 15.2. The first-order valence-electron chi connectivity index (χ1n) is 15.2. The average Bonchev–Trinajstić information content (AvgIpc) is 3.10. The van der Waals surface area contributed by atoms with Gasteiger partial charge in [0.05, 0.1) is 48.6 Å². The zero-order valence-electron chi connectivity index (χ0n) is 26.7. The van der Waals surface area contributed by atoms with Gasteiger partial charge in [0.25, 0.3) is 11.5 Å². The molecule has 0 bridgehead atoms. The number of morpholine rings is 1. The van der Waals surface area contributed by atoms with E-state index in [1.165, 1.54) is 55.4 Å². The van der Waals surface area contributed by atoms with Gasteiger partial charge in [-0.1, -0.05) is 12.1 Å². The molecule has 2 atom stereocenters. The second-order valence-electron chi connectivity index (χ2n) is 11.5.